The van der Waals surface area contributed by atoms with Crippen molar-refractivity contribution in [2.24, 2.45) is 0 Å². The molecule has 0 fully saturated rings. The van der Waals surface area contributed by atoms with Crippen LogP contribution in [0.4, 0.5) is 0 Å². The molecule has 0 saturated carbocycles. The highest BCUT2D eigenvalue weighted by molar-refractivity contribution is 9.08. The number of hydrogen-bond acceptors (Lipinski definition) is 3. The van der Waals surface area contributed by atoms with Crippen molar-refractivity contribution in [1.29, 1.82) is 0 Å². The molecule has 1 heterocycles. The third kappa shape index (κ3) is 4.03. The van der Waals surface area contributed by atoms with Crippen molar-refractivity contribution in [1.82, 2.24) is 9.97 Å². The number of ether oxygens (including phenoxy) is 1. The number of aromatic nitrogens is 2. The SMILES string of the molecule is CCc1ccc(Oc2ncc(CBr)cn2)c(C(C)(C)C)c1. The molecule has 0 aliphatic carbocycles. The van der Waals surface area contributed by atoms with Gasteiger partial charge in [-0.05, 0) is 29.0 Å². The Kier molecular flexibility index (Phi) is 4.99. The fourth-order valence-corrected chi connectivity index (χ4v) is 2.32. The van der Waals surface area contributed by atoms with E-state index in [0.29, 0.717) is 6.01 Å². The summed E-state index contributed by atoms with van der Waals surface area (Å²) >= 11 is 3.38. The average molecular weight is 349 g/mol. The molecule has 0 saturated heterocycles. The van der Waals surface area contributed by atoms with Crippen molar-refractivity contribution < 1.29 is 4.74 Å². The molecule has 0 aliphatic heterocycles. The molecule has 0 bridgehead atoms. The molecule has 0 aliphatic rings. The number of aryl methyl sites for hydroxylation is 1. The molecular formula is C17H21BrN2O. The van der Waals surface area contributed by atoms with Gasteiger partial charge in [-0.15, -0.1) is 0 Å². The third-order valence-corrected chi connectivity index (χ3v) is 3.94. The molecule has 0 unspecified atom stereocenters. The van der Waals surface area contributed by atoms with Gasteiger partial charge in [-0.3, -0.25) is 0 Å². The van der Waals surface area contributed by atoms with Crippen LogP contribution >= 0.6 is 15.9 Å². The molecule has 21 heavy (non-hydrogen) atoms. The third-order valence-electron chi connectivity index (χ3n) is 3.30. The van der Waals surface area contributed by atoms with Crippen LogP contribution in [0.2, 0.25) is 0 Å². The zero-order chi connectivity index (χ0) is 15.5. The van der Waals surface area contributed by atoms with Crippen LogP contribution in [-0.2, 0) is 17.2 Å². The minimum absolute atomic E-state index is 0.0102. The number of benzene rings is 1. The predicted molar refractivity (Wildman–Crippen MR) is 89.3 cm³/mol. The molecule has 0 spiro atoms. The highest BCUT2D eigenvalue weighted by Crippen LogP contribution is 2.34. The summed E-state index contributed by atoms with van der Waals surface area (Å²) in [5.74, 6) is 0.825. The molecule has 2 aromatic rings. The van der Waals surface area contributed by atoms with Crippen molar-refractivity contribution in [2.45, 2.75) is 44.9 Å². The van der Waals surface area contributed by atoms with Gasteiger partial charge in [-0.25, -0.2) is 9.97 Å². The monoisotopic (exact) mass is 348 g/mol. The van der Waals surface area contributed by atoms with Crippen LogP contribution in [0.5, 0.6) is 11.8 Å². The van der Waals surface area contributed by atoms with Crippen LogP contribution < -0.4 is 4.74 Å². The molecule has 112 valence electrons. The van der Waals surface area contributed by atoms with Crippen molar-refractivity contribution in [3.05, 3.63) is 47.3 Å². The van der Waals surface area contributed by atoms with E-state index in [0.717, 1.165) is 23.1 Å². The Bertz CT molecular complexity index is 603. The van der Waals surface area contributed by atoms with Gasteiger partial charge >= 0.3 is 6.01 Å². The van der Waals surface area contributed by atoms with Crippen LogP contribution in [0.3, 0.4) is 0 Å². The predicted octanol–water partition coefficient (Wildman–Crippen LogP) is 5.02. The summed E-state index contributed by atoms with van der Waals surface area (Å²) < 4.78 is 5.90. The van der Waals surface area contributed by atoms with E-state index in [1.165, 1.54) is 11.1 Å². The zero-order valence-electron chi connectivity index (χ0n) is 13.0. The highest BCUT2D eigenvalue weighted by atomic mass is 79.9. The molecule has 2 rings (SSSR count). The Morgan fingerprint density at radius 1 is 1.10 bits per heavy atom. The van der Waals surface area contributed by atoms with Gasteiger partial charge in [0.2, 0.25) is 0 Å². The van der Waals surface area contributed by atoms with Gasteiger partial charge < -0.3 is 4.74 Å². The molecule has 0 radical (unpaired) electrons. The minimum Gasteiger partial charge on any atom is -0.424 e. The largest absolute Gasteiger partial charge is 0.424 e. The molecular weight excluding hydrogens is 328 g/mol. The van der Waals surface area contributed by atoms with E-state index in [2.05, 4.69) is 65.7 Å². The molecule has 0 amide bonds. The maximum absolute atomic E-state index is 5.90. The normalized spacial score (nSPS) is 11.5. The zero-order valence-corrected chi connectivity index (χ0v) is 14.6. The van der Waals surface area contributed by atoms with Gasteiger partial charge in [0.25, 0.3) is 0 Å². The van der Waals surface area contributed by atoms with Gasteiger partial charge in [0, 0.05) is 23.3 Å². The van der Waals surface area contributed by atoms with Crippen molar-refractivity contribution in [3.8, 4) is 11.8 Å². The Morgan fingerprint density at radius 2 is 1.76 bits per heavy atom. The lowest BCUT2D eigenvalue weighted by molar-refractivity contribution is 0.422. The first-order valence-corrected chi connectivity index (χ1v) is 8.24. The number of alkyl halides is 1. The standard InChI is InChI=1S/C17H21BrN2O/c1-5-12-6-7-15(14(8-12)17(2,3)4)21-16-19-10-13(9-18)11-20-16/h6-8,10-11H,5,9H2,1-4H3. The molecule has 3 nitrogen and oxygen atoms in total. The van der Waals surface area contributed by atoms with E-state index in [1.807, 2.05) is 6.07 Å². The molecule has 4 heteroatoms. The Balaban J connectivity index is 2.34. The van der Waals surface area contributed by atoms with Crippen LogP contribution in [0.1, 0.15) is 44.4 Å². The topological polar surface area (TPSA) is 35.0 Å². The van der Waals surface area contributed by atoms with Gasteiger partial charge in [0.1, 0.15) is 5.75 Å². The lowest BCUT2D eigenvalue weighted by atomic mass is 9.85. The Hall–Kier alpha value is -1.42. The average Bonchev–Trinajstić information content (AvgIpc) is 2.47. The number of nitrogens with zero attached hydrogens (tertiary/aromatic N) is 2. The smallest absolute Gasteiger partial charge is 0.321 e. The highest BCUT2D eigenvalue weighted by Gasteiger charge is 2.20. The second kappa shape index (κ2) is 6.56. The van der Waals surface area contributed by atoms with E-state index >= 15 is 0 Å². The number of halogens is 1. The summed E-state index contributed by atoms with van der Waals surface area (Å²) in [6.07, 6.45) is 4.56. The van der Waals surface area contributed by atoms with Crippen LogP contribution in [0.15, 0.2) is 30.6 Å². The summed E-state index contributed by atoms with van der Waals surface area (Å²) in [4.78, 5) is 8.49. The van der Waals surface area contributed by atoms with E-state index in [9.17, 15) is 0 Å². The first-order valence-electron chi connectivity index (χ1n) is 7.12. The van der Waals surface area contributed by atoms with Gasteiger partial charge in [0.15, 0.2) is 0 Å². The van der Waals surface area contributed by atoms with Crippen molar-refractivity contribution in [2.75, 3.05) is 0 Å². The summed E-state index contributed by atoms with van der Waals surface area (Å²) in [5.41, 5.74) is 3.52. The summed E-state index contributed by atoms with van der Waals surface area (Å²) in [5, 5.41) is 0.742. The van der Waals surface area contributed by atoms with Crippen LogP contribution in [0.25, 0.3) is 0 Å². The molecule has 1 aromatic heterocycles. The van der Waals surface area contributed by atoms with E-state index in [4.69, 9.17) is 4.74 Å². The minimum atomic E-state index is 0.0102. The maximum Gasteiger partial charge on any atom is 0.321 e. The second-order valence-corrected chi connectivity index (χ2v) is 6.60. The van der Waals surface area contributed by atoms with E-state index in [-0.39, 0.29) is 5.41 Å². The van der Waals surface area contributed by atoms with Crippen molar-refractivity contribution in [3.63, 3.8) is 0 Å². The Labute approximate surface area is 134 Å². The fourth-order valence-electron chi connectivity index (χ4n) is 2.04. The lowest BCUT2D eigenvalue weighted by Crippen LogP contribution is -2.13. The number of rotatable bonds is 4. The maximum atomic E-state index is 5.90. The van der Waals surface area contributed by atoms with Crippen LogP contribution in [-0.4, -0.2) is 9.97 Å². The second-order valence-electron chi connectivity index (χ2n) is 6.04. The van der Waals surface area contributed by atoms with Crippen molar-refractivity contribution >= 4 is 15.9 Å². The first-order chi connectivity index (χ1) is 9.94. The Morgan fingerprint density at radius 3 is 2.29 bits per heavy atom. The van der Waals surface area contributed by atoms with Gasteiger partial charge in [-0.2, -0.15) is 0 Å². The van der Waals surface area contributed by atoms with E-state index in [1.54, 1.807) is 12.4 Å². The van der Waals surface area contributed by atoms with Gasteiger partial charge in [0.05, 0.1) is 0 Å². The summed E-state index contributed by atoms with van der Waals surface area (Å²) in [6, 6.07) is 6.70. The quantitative estimate of drug-likeness (QED) is 0.727. The lowest BCUT2D eigenvalue weighted by Gasteiger charge is -2.23. The molecule has 0 atom stereocenters. The van der Waals surface area contributed by atoms with E-state index < -0.39 is 0 Å². The summed E-state index contributed by atoms with van der Waals surface area (Å²) in [7, 11) is 0. The molecule has 1 aromatic carbocycles. The fraction of sp³-hybridized carbons (Fsp3) is 0.412. The summed E-state index contributed by atoms with van der Waals surface area (Å²) in [6.45, 7) is 8.71. The first kappa shape index (κ1) is 16.0. The van der Waals surface area contributed by atoms with Crippen LogP contribution in [0, 0.1) is 0 Å². The molecule has 0 N–H and O–H groups in total. The van der Waals surface area contributed by atoms with Gasteiger partial charge in [-0.1, -0.05) is 55.8 Å². The number of hydrogen-bond donors (Lipinski definition) is 0.